The van der Waals surface area contributed by atoms with E-state index >= 15 is 0 Å². The van der Waals surface area contributed by atoms with Gasteiger partial charge in [0, 0.05) is 18.5 Å². The van der Waals surface area contributed by atoms with Gasteiger partial charge in [-0.2, -0.15) is 0 Å². The van der Waals surface area contributed by atoms with E-state index in [1.165, 1.54) is 18.2 Å². The van der Waals surface area contributed by atoms with Gasteiger partial charge in [0.2, 0.25) is 0 Å². The monoisotopic (exact) mass is 336 g/mol. The number of hydrogen-bond donors (Lipinski definition) is 0. The third kappa shape index (κ3) is 2.18. The molecule has 3 heterocycles. The highest BCUT2D eigenvalue weighted by Crippen LogP contribution is 2.31. The molecule has 124 valence electrons. The molecule has 1 aromatic carbocycles. The predicted molar refractivity (Wildman–Crippen MR) is 87.2 cm³/mol. The van der Waals surface area contributed by atoms with Gasteiger partial charge in [0.1, 0.15) is 11.2 Å². The number of nitro groups is 1. The Morgan fingerprint density at radius 3 is 2.68 bits per heavy atom. The van der Waals surface area contributed by atoms with Crippen molar-refractivity contribution < 1.29 is 14.5 Å². The molecule has 0 fully saturated rings. The van der Waals surface area contributed by atoms with E-state index in [9.17, 15) is 19.7 Å². The lowest BCUT2D eigenvalue weighted by Gasteiger charge is -2.11. The van der Waals surface area contributed by atoms with Crippen molar-refractivity contribution in [3.8, 4) is 0 Å². The van der Waals surface area contributed by atoms with Gasteiger partial charge < -0.3 is 4.40 Å². The van der Waals surface area contributed by atoms with Crippen molar-refractivity contribution in [2.75, 3.05) is 0 Å². The molecule has 1 aliphatic rings. The number of hydrogen-bond acceptors (Lipinski definition) is 5. The molecule has 3 aromatic rings. The molecule has 2 amide bonds. The number of imidazole rings is 1. The lowest BCUT2D eigenvalue weighted by Crippen LogP contribution is -2.29. The molecule has 0 bridgehead atoms. The number of aryl methyl sites for hydroxylation is 1. The van der Waals surface area contributed by atoms with Crippen molar-refractivity contribution in [1.82, 2.24) is 14.3 Å². The van der Waals surface area contributed by atoms with Gasteiger partial charge in [-0.15, -0.1) is 0 Å². The summed E-state index contributed by atoms with van der Waals surface area (Å²) in [6.45, 7) is 1.88. The maximum absolute atomic E-state index is 12.6. The fourth-order valence-electron chi connectivity index (χ4n) is 3.05. The Kier molecular flexibility index (Phi) is 3.14. The SMILES string of the molecule is Cc1cccn2cc(CN3C(=O)c4cccc([N+](=O)[O-])c4C3=O)nc12. The summed E-state index contributed by atoms with van der Waals surface area (Å²) in [5.74, 6) is -1.21. The zero-order valence-corrected chi connectivity index (χ0v) is 13.2. The first kappa shape index (κ1) is 15.0. The van der Waals surface area contributed by atoms with Gasteiger partial charge in [0.15, 0.2) is 0 Å². The number of rotatable bonds is 3. The Hall–Kier alpha value is -3.55. The molecule has 0 unspecified atom stereocenters. The van der Waals surface area contributed by atoms with Crippen molar-refractivity contribution in [2.24, 2.45) is 0 Å². The van der Waals surface area contributed by atoms with Crippen LogP contribution in [0, 0.1) is 17.0 Å². The van der Waals surface area contributed by atoms with E-state index in [1.807, 2.05) is 29.7 Å². The predicted octanol–water partition coefficient (Wildman–Crippen LogP) is 2.35. The topological polar surface area (TPSA) is 97.8 Å². The molecular weight excluding hydrogens is 324 g/mol. The maximum Gasteiger partial charge on any atom is 0.282 e. The lowest BCUT2D eigenvalue weighted by molar-refractivity contribution is -0.385. The van der Waals surface area contributed by atoms with Crippen molar-refractivity contribution in [1.29, 1.82) is 0 Å². The molecule has 0 N–H and O–H groups in total. The van der Waals surface area contributed by atoms with Crippen LogP contribution in [0.3, 0.4) is 0 Å². The summed E-state index contributed by atoms with van der Waals surface area (Å²) in [5.41, 5.74) is 1.78. The van der Waals surface area contributed by atoms with Gasteiger partial charge in [0.25, 0.3) is 17.5 Å². The molecule has 0 saturated carbocycles. The summed E-state index contributed by atoms with van der Waals surface area (Å²) in [5, 5.41) is 11.1. The van der Waals surface area contributed by atoms with E-state index in [2.05, 4.69) is 4.98 Å². The van der Waals surface area contributed by atoms with Gasteiger partial charge >= 0.3 is 0 Å². The summed E-state index contributed by atoms with van der Waals surface area (Å²) < 4.78 is 1.81. The highest BCUT2D eigenvalue weighted by Gasteiger charge is 2.41. The van der Waals surface area contributed by atoms with E-state index in [-0.39, 0.29) is 23.4 Å². The van der Waals surface area contributed by atoms with Crippen LogP contribution in [0.1, 0.15) is 32.0 Å². The number of fused-ring (bicyclic) bond motifs is 2. The first-order valence-corrected chi connectivity index (χ1v) is 7.54. The normalized spacial score (nSPS) is 13.6. The van der Waals surface area contributed by atoms with Crippen LogP contribution in [0.15, 0.2) is 42.7 Å². The van der Waals surface area contributed by atoms with Gasteiger partial charge in [-0.3, -0.25) is 24.6 Å². The van der Waals surface area contributed by atoms with Gasteiger partial charge in [-0.05, 0) is 24.6 Å². The minimum Gasteiger partial charge on any atom is -0.307 e. The van der Waals surface area contributed by atoms with Gasteiger partial charge in [-0.25, -0.2) is 4.98 Å². The molecule has 8 heteroatoms. The Morgan fingerprint density at radius 1 is 1.16 bits per heavy atom. The Morgan fingerprint density at radius 2 is 1.96 bits per heavy atom. The van der Waals surface area contributed by atoms with Crippen LogP contribution >= 0.6 is 0 Å². The van der Waals surface area contributed by atoms with Crippen molar-refractivity contribution in [3.05, 3.63) is 75.2 Å². The second-order valence-corrected chi connectivity index (χ2v) is 5.81. The molecule has 4 rings (SSSR count). The Bertz CT molecular complexity index is 1070. The minimum absolute atomic E-state index is 0.0371. The van der Waals surface area contributed by atoms with E-state index < -0.39 is 16.7 Å². The summed E-state index contributed by atoms with van der Waals surface area (Å²) in [7, 11) is 0. The van der Waals surface area contributed by atoms with Gasteiger partial charge in [-0.1, -0.05) is 12.1 Å². The molecule has 0 spiro atoms. The number of amides is 2. The molecular formula is C17H12N4O4. The molecule has 2 aromatic heterocycles. The van der Waals surface area contributed by atoms with Crippen LogP contribution in [0.4, 0.5) is 5.69 Å². The highest BCUT2D eigenvalue weighted by atomic mass is 16.6. The van der Waals surface area contributed by atoms with Crippen LogP contribution in [0.25, 0.3) is 5.65 Å². The zero-order chi connectivity index (χ0) is 17.7. The van der Waals surface area contributed by atoms with Crippen LogP contribution < -0.4 is 0 Å². The van der Waals surface area contributed by atoms with Crippen LogP contribution in [0.2, 0.25) is 0 Å². The molecule has 1 aliphatic heterocycles. The summed E-state index contributed by atoms with van der Waals surface area (Å²) in [6.07, 6.45) is 3.56. The second-order valence-electron chi connectivity index (χ2n) is 5.81. The second kappa shape index (κ2) is 5.23. The number of carbonyl (C=O) groups is 2. The number of benzene rings is 1. The third-order valence-corrected chi connectivity index (χ3v) is 4.22. The van der Waals surface area contributed by atoms with Crippen molar-refractivity contribution in [3.63, 3.8) is 0 Å². The molecule has 0 aliphatic carbocycles. The molecule has 0 radical (unpaired) electrons. The smallest absolute Gasteiger partial charge is 0.282 e. The number of imide groups is 1. The summed E-state index contributed by atoms with van der Waals surface area (Å²) in [4.78, 5) is 41.0. The lowest BCUT2D eigenvalue weighted by atomic mass is 10.1. The Labute approximate surface area is 141 Å². The first-order chi connectivity index (χ1) is 12.0. The van der Waals surface area contributed by atoms with Crippen LogP contribution in [-0.4, -0.2) is 31.0 Å². The standard InChI is InChI=1S/C17H12N4O4/c1-10-4-3-7-19-8-11(18-15(10)19)9-20-16(22)12-5-2-6-13(21(24)25)14(12)17(20)23/h2-8H,9H2,1H3. The van der Waals surface area contributed by atoms with Crippen LogP contribution in [0.5, 0.6) is 0 Å². The van der Waals surface area contributed by atoms with E-state index in [4.69, 9.17) is 0 Å². The van der Waals surface area contributed by atoms with E-state index in [0.717, 1.165) is 16.1 Å². The average molecular weight is 336 g/mol. The van der Waals surface area contributed by atoms with Crippen molar-refractivity contribution in [2.45, 2.75) is 13.5 Å². The molecule has 0 saturated heterocycles. The zero-order valence-electron chi connectivity index (χ0n) is 13.2. The molecule has 25 heavy (non-hydrogen) atoms. The maximum atomic E-state index is 12.6. The number of nitrogens with zero attached hydrogens (tertiary/aromatic N) is 4. The van der Waals surface area contributed by atoms with Crippen LogP contribution in [-0.2, 0) is 6.54 Å². The van der Waals surface area contributed by atoms with E-state index in [0.29, 0.717) is 5.69 Å². The first-order valence-electron chi connectivity index (χ1n) is 7.54. The summed E-state index contributed by atoms with van der Waals surface area (Å²) in [6, 6.07) is 7.84. The summed E-state index contributed by atoms with van der Waals surface area (Å²) >= 11 is 0. The van der Waals surface area contributed by atoms with Gasteiger partial charge in [0.05, 0.1) is 22.7 Å². The highest BCUT2D eigenvalue weighted by molar-refractivity contribution is 6.23. The number of nitro benzene ring substituents is 1. The number of aromatic nitrogens is 2. The fourth-order valence-corrected chi connectivity index (χ4v) is 3.05. The Balaban J connectivity index is 1.73. The molecule has 8 nitrogen and oxygen atoms in total. The minimum atomic E-state index is -0.666. The van der Waals surface area contributed by atoms with E-state index in [1.54, 1.807) is 6.20 Å². The van der Waals surface area contributed by atoms with Crippen molar-refractivity contribution >= 4 is 23.1 Å². The molecule has 0 atom stereocenters. The quantitative estimate of drug-likeness (QED) is 0.415. The fraction of sp³-hybridized carbons (Fsp3) is 0.118. The average Bonchev–Trinajstić information content (AvgIpc) is 3.11. The third-order valence-electron chi connectivity index (χ3n) is 4.22. The number of pyridine rings is 1. The largest absolute Gasteiger partial charge is 0.307 e. The number of carbonyl (C=O) groups excluding carboxylic acids is 2.